The summed E-state index contributed by atoms with van der Waals surface area (Å²) < 4.78 is 5.19. The molecule has 0 atom stereocenters. The molecule has 0 radical (unpaired) electrons. The van der Waals surface area contributed by atoms with Gasteiger partial charge in [-0.25, -0.2) is 4.98 Å². The van der Waals surface area contributed by atoms with E-state index < -0.39 is 0 Å². The van der Waals surface area contributed by atoms with Crippen molar-refractivity contribution in [2.45, 2.75) is 13.0 Å². The van der Waals surface area contributed by atoms with Gasteiger partial charge < -0.3 is 14.6 Å². The second-order valence-corrected chi connectivity index (χ2v) is 5.20. The van der Waals surface area contributed by atoms with Crippen molar-refractivity contribution in [2.75, 3.05) is 18.6 Å². The van der Waals surface area contributed by atoms with Crippen LogP contribution < -0.4 is 9.64 Å². The molecule has 0 fully saturated rings. The number of para-hydroxylation sites is 1. The molecule has 1 aliphatic rings. The Kier molecular flexibility index (Phi) is 2.77. The molecule has 106 valence electrons. The molecule has 5 nitrogen and oxygen atoms in total. The molecular weight excluding hydrogens is 264 g/mol. The van der Waals surface area contributed by atoms with Gasteiger partial charge in [-0.3, -0.25) is 0 Å². The van der Waals surface area contributed by atoms with E-state index in [-0.39, 0.29) is 0 Å². The van der Waals surface area contributed by atoms with Crippen molar-refractivity contribution < 1.29 is 4.74 Å². The highest BCUT2D eigenvalue weighted by molar-refractivity contribution is 5.85. The van der Waals surface area contributed by atoms with Crippen molar-refractivity contribution >= 4 is 16.9 Å². The van der Waals surface area contributed by atoms with Gasteiger partial charge in [0.15, 0.2) is 0 Å². The predicted octanol–water partition coefficient (Wildman–Crippen LogP) is 2.53. The average Bonchev–Trinajstić information content (AvgIpc) is 2.92. The molecule has 0 aliphatic carbocycles. The molecule has 1 aliphatic heterocycles. The first-order valence-corrected chi connectivity index (χ1v) is 7.05. The van der Waals surface area contributed by atoms with E-state index in [9.17, 15) is 0 Å². The summed E-state index contributed by atoms with van der Waals surface area (Å²) in [6, 6.07) is 10.2. The molecule has 0 spiro atoms. The number of nitrogens with zero attached hydrogens (tertiary/aromatic N) is 3. The number of fused-ring (bicyclic) bond motifs is 3. The molecule has 0 amide bonds. The van der Waals surface area contributed by atoms with Crippen molar-refractivity contribution in [3.8, 4) is 5.88 Å². The Morgan fingerprint density at radius 2 is 2.14 bits per heavy atom. The number of benzene rings is 1. The van der Waals surface area contributed by atoms with Gasteiger partial charge in [-0.2, -0.15) is 4.98 Å². The van der Waals surface area contributed by atoms with Crippen LogP contribution in [0.5, 0.6) is 5.88 Å². The highest BCUT2D eigenvalue weighted by atomic mass is 16.5. The third-order valence-electron chi connectivity index (χ3n) is 3.99. The molecular formula is C16H16N4O. The molecule has 1 aromatic carbocycles. The average molecular weight is 280 g/mol. The quantitative estimate of drug-likeness (QED) is 0.783. The number of H-pyrrole nitrogens is 1. The highest BCUT2D eigenvalue weighted by Gasteiger charge is 2.22. The third-order valence-corrected chi connectivity index (χ3v) is 3.99. The minimum absolute atomic E-state index is 0.602. The van der Waals surface area contributed by atoms with Gasteiger partial charge in [0, 0.05) is 53.9 Å². The second-order valence-electron chi connectivity index (χ2n) is 5.20. The molecule has 1 N–H and O–H groups in total. The van der Waals surface area contributed by atoms with Gasteiger partial charge in [-0.1, -0.05) is 18.2 Å². The van der Waals surface area contributed by atoms with Gasteiger partial charge in [0.25, 0.3) is 0 Å². The van der Waals surface area contributed by atoms with Crippen molar-refractivity contribution in [3.05, 3.63) is 47.8 Å². The summed E-state index contributed by atoms with van der Waals surface area (Å²) >= 11 is 0. The molecule has 3 heterocycles. The van der Waals surface area contributed by atoms with Gasteiger partial charge in [0.2, 0.25) is 11.8 Å². The first-order valence-electron chi connectivity index (χ1n) is 7.05. The Labute approximate surface area is 122 Å². The fourth-order valence-electron chi connectivity index (χ4n) is 2.94. The molecule has 0 unspecified atom stereocenters. The number of aromatic nitrogens is 3. The van der Waals surface area contributed by atoms with Gasteiger partial charge in [0.1, 0.15) is 0 Å². The second kappa shape index (κ2) is 4.77. The van der Waals surface area contributed by atoms with Gasteiger partial charge in [-0.15, -0.1) is 0 Å². The maximum Gasteiger partial charge on any atom is 0.228 e. The number of ether oxygens (including phenoxy) is 1. The van der Waals surface area contributed by atoms with E-state index in [0.717, 1.165) is 25.5 Å². The van der Waals surface area contributed by atoms with E-state index in [1.54, 1.807) is 19.4 Å². The van der Waals surface area contributed by atoms with Crippen LogP contribution in [0.3, 0.4) is 0 Å². The lowest BCUT2D eigenvalue weighted by Crippen LogP contribution is -2.31. The summed E-state index contributed by atoms with van der Waals surface area (Å²) in [4.78, 5) is 14.5. The van der Waals surface area contributed by atoms with Crippen LogP contribution in [0.15, 0.2) is 36.5 Å². The molecule has 5 heteroatoms. The van der Waals surface area contributed by atoms with Crippen LogP contribution >= 0.6 is 0 Å². The van der Waals surface area contributed by atoms with Crippen LogP contribution in [-0.2, 0) is 13.0 Å². The topological polar surface area (TPSA) is 54.0 Å². The Balaban J connectivity index is 1.72. The molecule has 0 saturated carbocycles. The van der Waals surface area contributed by atoms with E-state index in [1.165, 1.54) is 22.2 Å². The van der Waals surface area contributed by atoms with Crippen molar-refractivity contribution in [2.24, 2.45) is 0 Å². The smallest absolute Gasteiger partial charge is 0.228 e. The summed E-state index contributed by atoms with van der Waals surface area (Å²) in [6.07, 6.45) is 2.72. The van der Waals surface area contributed by atoms with Gasteiger partial charge in [0.05, 0.1) is 7.11 Å². The first-order chi connectivity index (χ1) is 10.3. The summed E-state index contributed by atoms with van der Waals surface area (Å²) in [5.41, 5.74) is 3.88. The van der Waals surface area contributed by atoms with Crippen LogP contribution in [0.4, 0.5) is 5.95 Å². The highest BCUT2D eigenvalue weighted by Crippen LogP contribution is 2.29. The van der Waals surface area contributed by atoms with Crippen LogP contribution in [0, 0.1) is 0 Å². The molecule has 4 rings (SSSR count). The number of hydrogen-bond acceptors (Lipinski definition) is 4. The number of rotatable bonds is 2. The number of methoxy groups -OCH3 is 1. The number of hydrogen-bond donors (Lipinski definition) is 1. The number of nitrogens with one attached hydrogen (secondary N) is 1. The minimum Gasteiger partial charge on any atom is -0.481 e. The summed E-state index contributed by atoms with van der Waals surface area (Å²) in [5, 5.41) is 1.29. The van der Waals surface area contributed by atoms with Gasteiger partial charge >= 0.3 is 0 Å². The standard InChI is InChI=1S/C16H16N4O/c1-21-15-6-8-17-16(19-15)20-9-7-14-12(10-20)11-4-2-3-5-13(11)18-14/h2-6,8,18H,7,9-10H2,1H3. The van der Waals surface area contributed by atoms with E-state index in [4.69, 9.17) is 4.74 Å². The molecule has 3 aromatic rings. The van der Waals surface area contributed by atoms with E-state index in [2.05, 4.69) is 44.1 Å². The first kappa shape index (κ1) is 12.2. The van der Waals surface area contributed by atoms with Crippen LogP contribution in [0.25, 0.3) is 10.9 Å². The maximum absolute atomic E-state index is 5.19. The summed E-state index contributed by atoms with van der Waals surface area (Å²) in [6.45, 7) is 1.74. The Bertz CT molecular complexity index is 796. The largest absolute Gasteiger partial charge is 0.481 e. The van der Waals surface area contributed by atoms with Crippen LogP contribution in [0.1, 0.15) is 11.3 Å². The maximum atomic E-state index is 5.19. The Morgan fingerprint density at radius 3 is 3.05 bits per heavy atom. The minimum atomic E-state index is 0.602. The molecule has 0 saturated heterocycles. The fourth-order valence-corrected chi connectivity index (χ4v) is 2.94. The molecule has 21 heavy (non-hydrogen) atoms. The van der Waals surface area contributed by atoms with Gasteiger partial charge in [-0.05, 0) is 6.07 Å². The molecule has 2 aromatic heterocycles. The fraction of sp³-hybridized carbons (Fsp3) is 0.250. The zero-order valence-electron chi connectivity index (χ0n) is 11.8. The lowest BCUT2D eigenvalue weighted by molar-refractivity contribution is 0.396. The van der Waals surface area contributed by atoms with E-state index in [1.807, 2.05) is 0 Å². The lowest BCUT2D eigenvalue weighted by atomic mass is 10.0. The Hall–Kier alpha value is -2.56. The Morgan fingerprint density at radius 1 is 1.24 bits per heavy atom. The van der Waals surface area contributed by atoms with Crippen molar-refractivity contribution in [1.82, 2.24) is 15.0 Å². The summed E-state index contributed by atoms with van der Waals surface area (Å²) in [7, 11) is 1.63. The molecule has 0 bridgehead atoms. The zero-order chi connectivity index (χ0) is 14.2. The number of aromatic amines is 1. The van der Waals surface area contributed by atoms with Crippen LogP contribution in [-0.4, -0.2) is 28.6 Å². The third kappa shape index (κ3) is 2.01. The van der Waals surface area contributed by atoms with Crippen molar-refractivity contribution in [3.63, 3.8) is 0 Å². The SMILES string of the molecule is COc1ccnc(N2CCc3[nH]c4ccccc4c3C2)n1. The van der Waals surface area contributed by atoms with Crippen molar-refractivity contribution in [1.29, 1.82) is 0 Å². The predicted molar refractivity (Wildman–Crippen MR) is 81.6 cm³/mol. The number of anilines is 1. The van der Waals surface area contributed by atoms with Crippen LogP contribution in [0.2, 0.25) is 0 Å². The van der Waals surface area contributed by atoms with E-state index in [0.29, 0.717) is 5.88 Å². The zero-order valence-corrected chi connectivity index (χ0v) is 11.8. The normalized spacial score (nSPS) is 14.2. The monoisotopic (exact) mass is 280 g/mol. The lowest BCUT2D eigenvalue weighted by Gasteiger charge is -2.27. The van der Waals surface area contributed by atoms with E-state index >= 15 is 0 Å². The summed E-state index contributed by atoms with van der Waals surface area (Å²) in [5.74, 6) is 1.33.